The van der Waals surface area contributed by atoms with Crippen LogP contribution in [0.15, 0.2) is 39.6 Å². The Labute approximate surface area is 107 Å². The van der Waals surface area contributed by atoms with Gasteiger partial charge in [0.2, 0.25) is 0 Å². The van der Waals surface area contributed by atoms with E-state index in [0.717, 1.165) is 15.7 Å². The molecule has 3 nitrogen and oxygen atoms in total. The van der Waals surface area contributed by atoms with E-state index in [2.05, 4.69) is 15.9 Å². The van der Waals surface area contributed by atoms with Crippen LogP contribution in [0.5, 0.6) is 5.75 Å². The summed E-state index contributed by atoms with van der Waals surface area (Å²) < 4.78 is 2.50. The highest BCUT2D eigenvalue weighted by atomic mass is 79.9. The predicted molar refractivity (Wildman–Crippen MR) is 70.9 cm³/mol. The Morgan fingerprint density at radius 2 is 1.88 bits per heavy atom. The normalized spacial score (nSPS) is 10.5. The van der Waals surface area contributed by atoms with Gasteiger partial charge in [0, 0.05) is 16.2 Å². The largest absolute Gasteiger partial charge is 0.508 e. The molecule has 1 heterocycles. The monoisotopic (exact) mass is 293 g/mol. The van der Waals surface area contributed by atoms with Crippen molar-refractivity contribution in [2.45, 2.75) is 13.8 Å². The van der Waals surface area contributed by atoms with Gasteiger partial charge in [0.1, 0.15) is 5.75 Å². The highest BCUT2D eigenvalue weighted by Gasteiger charge is 2.08. The molecule has 0 spiro atoms. The van der Waals surface area contributed by atoms with Gasteiger partial charge in [-0.1, -0.05) is 22.0 Å². The van der Waals surface area contributed by atoms with Gasteiger partial charge in [-0.3, -0.25) is 9.36 Å². The highest BCUT2D eigenvalue weighted by Crippen LogP contribution is 2.20. The fourth-order valence-corrected chi connectivity index (χ4v) is 2.17. The molecule has 0 saturated carbocycles. The summed E-state index contributed by atoms with van der Waals surface area (Å²) in [5.74, 6) is -0.00333. The van der Waals surface area contributed by atoms with Crippen molar-refractivity contribution in [1.82, 2.24) is 4.57 Å². The lowest BCUT2D eigenvalue weighted by molar-refractivity contribution is 0.472. The van der Waals surface area contributed by atoms with Crippen molar-refractivity contribution < 1.29 is 5.11 Å². The summed E-state index contributed by atoms with van der Waals surface area (Å²) in [6.45, 7) is 3.74. The number of aromatic nitrogens is 1. The maximum Gasteiger partial charge on any atom is 0.258 e. The predicted octanol–water partition coefficient (Wildman–Crippen LogP) is 2.92. The van der Waals surface area contributed by atoms with E-state index >= 15 is 0 Å². The van der Waals surface area contributed by atoms with Crippen LogP contribution in [0.3, 0.4) is 0 Å². The second-order valence-electron chi connectivity index (χ2n) is 3.96. The third-order valence-corrected chi connectivity index (χ3v) is 3.11. The van der Waals surface area contributed by atoms with Crippen LogP contribution >= 0.6 is 15.9 Å². The maximum absolute atomic E-state index is 11.9. The third-order valence-electron chi connectivity index (χ3n) is 2.61. The molecule has 0 unspecified atom stereocenters. The van der Waals surface area contributed by atoms with E-state index in [1.807, 2.05) is 25.1 Å². The smallest absolute Gasteiger partial charge is 0.258 e. The molecular weight excluding hydrogens is 282 g/mol. The van der Waals surface area contributed by atoms with E-state index in [9.17, 15) is 9.90 Å². The van der Waals surface area contributed by atoms with Gasteiger partial charge in [-0.05, 0) is 37.6 Å². The van der Waals surface area contributed by atoms with E-state index in [0.29, 0.717) is 5.69 Å². The molecule has 0 amide bonds. The number of hydrogen-bond acceptors (Lipinski definition) is 2. The number of aromatic hydroxyl groups is 1. The van der Waals surface area contributed by atoms with Gasteiger partial charge in [0.25, 0.3) is 5.56 Å². The Kier molecular flexibility index (Phi) is 3.07. The molecule has 0 bridgehead atoms. The number of nitrogens with zero attached hydrogens (tertiary/aromatic N) is 1. The third kappa shape index (κ3) is 2.26. The van der Waals surface area contributed by atoms with Gasteiger partial charge in [0.15, 0.2) is 0 Å². The first-order valence-corrected chi connectivity index (χ1v) is 5.97. The molecule has 0 aliphatic heterocycles. The fraction of sp³-hybridized carbons (Fsp3) is 0.154. The van der Waals surface area contributed by atoms with Crippen LogP contribution in [0.4, 0.5) is 0 Å². The maximum atomic E-state index is 11.9. The summed E-state index contributed by atoms with van der Waals surface area (Å²) in [5.41, 5.74) is 2.30. The Bertz CT molecular complexity index is 632. The molecule has 88 valence electrons. The Hall–Kier alpha value is -1.55. The average molecular weight is 294 g/mol. The van der Waals surface area contributed by atoms with Gasteiger partial charge in [-0.25, -0.2) is 0 Å². The van der Waals surface area contributed by atoms with Crippen molar-refractivity contribution in [1.29, 1.82) is 0 Å². The van der Waals surface area contributed by atoms with E-state index in [1.165, 1.54) is 6.07 Å². The lowest BCUT2D eigenvalue weighted by Crippen LogP contribution is -2.19. The summed E-state index contributed by atoms with van der Waals surface area (Å²) >= 11 is 3.39. The van der Waals surface area contributed by atoms with Gasteiger partial charge in [-0.15, -0.1) is 0 Å². The molecule has 1 N–H and O–H groups in total. The number of benzene rings is 1. The quantitative estimate of drug-likeness (QED) is 0.878. The van der Waals surface area contributed by atoms with E-state index < -0.39 is 0 Å². The first-order valence-electron chi connectivity index (χ1n) is 5.18. The molecule has 0 saturated heterocycles. The van der Waals surface area contributed by atoms with Crippen LogP contribution in [-0.2, 0) is 0 Å². The molecule has 17 heavy (non-hydrogen) atoms. The Morgan fingerprint density at radius 1 is 1.18 bits per heavy atom. The first kappa shape index (κ1) is 11.9. The number of hydrogen-bond donors (Lipinski definition) is 1. The van der Waals surface area contributed by atoms with Gasteiger partial charge >= 0.3 is 0 Å². The minimum absolute atomic E-state index is 0.00333. The van der Waals surface area contributed by atoms with Crippen molar-refractivity contribution in [3.05, 3.63) is 56.4 Å². The summed E-state index contributed by atoms with van der Waals surface area (Å²) in [4.78, 5) is 11.9. The van der Waals surface area contributed by atoms with Crippen molar-refractivity contribution in [3.63, 3.8) is 0 Å². The molecule has 0 aliphatic rings. The highest BCUT2D eigenvalue weighted by molar-refractivity contribution is 9.10. The molecular formula is C13H12BrNO2. The Balaban J connectivity index is 2.77. The van der Waals surface area contributed by atoms with Crippen LogP contribution < -0.4 is 5.56 Å². The second-order valence-corrected chi connectivity index (χ2v) is 4.88. The number of aryl methyl sites for hydroxylation is 2. The zero-order chi connectivity index (χ0) is 12.6. The summed E-state index contributed by atoms with van der Waals surface area (Å²) in [5, 5.41) is 9.37. The molecule has 0 aliphatic carbocycles. The van der Waals surface area contributed by atoms with E-state index in [4.69, 9.17) is 0 Å². The van der Waals surface area contributed by atoms with Crippen LogP contribution in [0, 0.1) is 13.8 Å². The van der Waals surface area contributed by atoms with Crippen LogP contribution in [0.1, 0.15) is 11.3 Å². The number of rotatable bonds is 1. The Morgan fingerprint density at radius 3 is 2.53 bits per heavy atom. The topological polar surface area (TPSA) is 42.2 Å². The second kappa shape index (κ2) is 4.37. The SMILES string of the molecule is Cc1ccc(Br)cc1-n1c(C)cc(O)cc1=O. The van der Waals surface area contributed by atoms with Gasteiger partial charge in [0.05, 0.1) is 5.69 Å². The molecule has 2 rings (SSSR count). The molecule has 0 radical (unpaired) electrons. The van der Waals surface area contributed by atoms with E-state index in [1.54, 1.807) is 17.6 Å². The molecule has 1 aromatic carbocycles. The van der Waals surface area contributed by atoms with Crippen molar-refractivity contribution in [3.8, 4) is 11.4 Å². The van der Waals surface area contributed by atoms with Crippen LogP contribution in [0.25, 0.3) is 5.69 Å². The summed E-state index contributed by atoms with van der Waals surface area (Å²) in [7, 11) is 0. The van der Waals surface area contributed by atoms with E-state index in [-0.39, 0.29) is 11.3 Å². The average Bonchev–Trinajstić information content (AvgIpc) is 2.21. The lowest BCUT2D eigenvalue weighted by Gasteiger charge is -2.13. The zero-order valence-electron chi connectivity index (χ0n) is 9.57. The minimum atomic E-state index is -0.233. The number of halogens is 1. The zero-order valence-corrected chi connectivity index (χ0v) is 11.2. The standard InChI is InChI=1S/C13H12BrNO2/c1-8-3-4-10(14)6-12(8)15-9(2)5-11(16)7-13(15)17/h3-7,16H,1-2H3. The number of pyridine rings is 1. The molecule has 1 aromatic heterocycles. The molecule has 0 atom stereocenters. The fourth-order valence-electron chi connectivity index (χ4n) is 1.82. The van der Waals surface area contributed by atoms with Crippen LogP contribution in [0.2, 0.25) is 0 Å². The van der Waals surface area contributed by atoms with Crippen LogP contribution in [-0.4, -0.2) is 9.67 Å². The summed E-state index contributed by atoms with van der Waals surface area (Å²) in [6, 6.07) is 8.55. The molecule has 0 fully saturated rings. The first-order chi connectivity index (χ1) is 7.99. The van der Waals surface area contributed by atoms with Gasteiger partial charge in [-0.2, -0.15) is 0 Å². The summed E-state index contributed by atoms with van der Waals surface area (Å²) in [6.07, 6.45) is 0. The lowest BCUT2D eigenvalue weighted by atomic mass is 10.2. The van der Waals surface area contributed by atoms with Gasteiger partial charge < -0.3 is 5.11 Å². The molecule has 2 aromatic rings. The van der Waals surface area contributed by atoms with Crippen molar-refractivity contribution in [2.24, 2.45) is 0 Å². The molecule has 4 heteroatoms. The minimum Gasteiger partial charge on any atom is -0.508 e. The van der Waals surface area contributed by atoms with Crippen molar-refractivity contribution >= 4 is 15.9 Å². The van der Waals surface area contributed by atoms with Crippen molar-refractivity contribution in [2.75, 3.05) is 0 Å².